The highest BCUT2D eigenvalue weighted by molar-refractivity contribution is 6.05. The molecule has 6 aromatic rings. The molecule has 6 heterocycles. The molecule has 0 saturated carbocycles. The molecule has 3 aliphatic rings. The number of imide groups is 1. The third-order valence-electron chi connectivity index (χ3n) is 13.1. The number of amides is 5. The Balaban J connectivity index is 0.803. The monoisotopic (exact) mass is 916 g/mol. The van der Waals surface area contributed by atoms with E-state index in [-0.39, 0.29) is 48.7 Å². The lowest BCUT2D eigenvalue weighted by atomic mass is 9.88. The number of anilines is 1. The standard InChI is InChI=1S/C48H47F3N10O6/c1-55(19-20-56(2)45(65)34-24-38(48(49,50)51)40-27-59(47(67)61(40)26-34)36-6-4-5-29(21-36)22-41-54-52-28-57(41)3)44(64)32-9-7-30(8-10-32)31-15-17-58(18-16-31)35-11-12-37-33(23-35)25-60(46(37)66)39-13-14-42(62)53-43(39)63/h4-12,21,23-24,26-28,31,39H,13-20,22,25H2,1-3H3,(H,53,62,63). The fourth-order valence-corrected chi connectivity index (χ4v) is 9.25. The smallest absolute Gasteiger partial charge is 0.371 e. The van der Waals surface area contributed by atoms with Gasteiger partial charge in [-0.3, -0.25) is 38.3 Å². The van der Waals surface area contributed by atoms with Gasteiger partial charge in [-0.25, -0.2) is 4.79 Å². The molecule has 3 aliphatic heterocycles. The lowest BCUT2D eigenvalue weighted by Gasteiger charge is -2.34. The van der Waals surface area contributed by atoms with E-state index in [9.17, 15) is 41.9 Å². The molecule has 0 spiro atoms. The second kappa shape index (κ2) is 17.7. The van der Waals surface area contributed by atoms with Crippen LogP contribution in [0.1, 0.15) is 90.8 Å². The number of aryl methyl sites for hydroxylation is 1. The Morgan fingerprint density at radius 1 is 0.836 bits per heavy atom. The number of piperidine rings is 2. The largest absolute Gasteiger partial charge is 0.418 e. The lowest BCUT2D eigenvalue weighted by Crippen LogP contribution is -2.52. The molecule has 0 radical (unpaired) electrons. The van der Waals surface area contributed by atoms with E-state index in [1.807, 2.05) is 36.4 Å². The van der Waals surface area contributed by atoms with E-state index in [1.54, 1.807) is 60.2 Å². The molecule has 1 atom stereocenters. The number of carbonyl (C=O) groups is 5. The van der Waals surface area contributed by atoms with Crippen LogP contribution in [0.2, 0.25) is 0 Å². The quantitative estimate of drug-likeness (QED) is 0.180. The molecular formula is C48H47F3N10O6. The number of hydrogen-bond donors (Lipinski definition) is 1. The average Bonchev–Trinajstić information content (AvgIpc) is 3.99. The summed E-state index contributed by atoms with van der Waals surface area (Å²) in [6.45, 7) is 1.96. The second-order valence-corrected chi connectivity index (χ2v) is 17.5. The number of likely N-dealkylation sites (N-methyl/N-ethyl adjacent to an activating group) is 2. The Labute approximate surface area is 382 Å². The molecular weight excluding hydrogens is 870 g/mol. The molecule has 0 bridgehead atoms. The number of hydrogen-bond acceptors (Lipinski definition) is 9. The van der Waals surface area contributed by atoms with Crippen molar-refractivity contribution in [3.8, 4) is 5.69 Å². The maximum Gasteiger partial charge on any atom is 0.418 e. The van der Waals surface area contributed by atoms with E-state index in [4.69, 9.17) is 0 Å². The summed E-state index contributed by atoms with van der Waals surface area (Å²) in [5.41, 5.74) is 2.40. The minimum Gasteiger partial charge on any atom is -0.371 e. The molecule has 2 fully saturated rings. The number of halogens is 3. The van der Waals surface area contributed by atoms with Gasteiger partial charge < -0.3 is 24.2 Å². The molecule has 0 aliphatic carbocycles. The number of alkyl halides is 3. The molecule has 3 aromatic heterocycles. The fraction of sp³-hybridized carbons (Fsp3) is 0.333. The molecule has 19 heteroatoms. The number of rotatable bonds is 11. The zero-order valence-electron chi connectivity index (χ0n) is 37.0. The van der Waals surface area contributed by atoms with Crippen LogP contribution < -0.4 is 15.9 Å². The summed E-state index contributed by atoms with van der Waals surface area (Å²) in [5, 5.41) is 10.3. The van der Waals surface area contributed by atoms with Crippen molar-refractivity contribution < 1.29 is 37.1 Å². The summed E-state index contributed by atoms with van der Waals surface area (Å²) in [6.07, 6.45) is 1.51. The molecule has 346 valence electrons. The zero-order chi connectivity index (χ0) is 47.3. The minimum atomic E-state index is -4.88. The van der Waals surface area contributed by atoms with Crippen LogP contribution in [0, 0.1) is 0 Å². The summed E-state index contributed by atoms with van der Waals surface area (Å²) in [7, 11) is 4.80. The van der Waals surface area contributed by atoms with Crippen molar-refractivity contribution in [3.05, 3.63) is 147 Å². The van der Waals surface area contributed by atoms with E-state index >= 15 is 0 Å². The first-order valence-corrected chi connectivity index (χ1v) is 21.9. The maximum atomic E-state index is 14.5. The predicted octanol–water partition coefficient (Wildman–Crippen LogP) is 4.82. The van der Waals surface area contributed by atoms with Gasteiger partial charge in [0, 0.05) is 95.9 Å². The van der Waals surface area contributed by atoms with Crippen molar-refractivity contribution in [3.63, 3.8) is 0 Å². The van der Waals surface area contributed by atoms with Gasteiger partial charge in [0.15, 0.2) is 0 Å². The number of carbonyl (C=O) groups excluding carboxylic acids is 5. The molecule has 3 aromatic carbocycles. The molecule has 16 nitrogen and oxygen atoms in total. The van der Waals surface area contributed by atoms with Crippen LogP contribution in [-0.2, 0) is 35.8 Å². The lowest BCUT2D eigenvalue weighted by molar-refractivity contribution is -0.137. The van der Waals surface area contributed by atoms with Crippen LogP contribution >= 0.6 is 0 Å². The van der Waals surface area contributed by atoms with Gasteiger partial charge >= 0.3 is 11.9 Å². The Kier molecular flexibility index (Phi) is 11.8. The van der Waals surface area contributed by atoms with Crippen LogP contribution in [0.15, 0.2) is 96.3 Å². The van der Waals surface area contributed by atoms with E-state index in [0.717, 1.165) is 75.7 Å². The first-order chi connectivity index (χ1) is 32.0. The number of nitrogens with one attached hydrogen (secondary N) is 1. The molecule has 1 N–H and O–H groups in total. The number of fused-ring (bicyclic) bond motifs is 2. The van der Waals surface area contributed by atoms with Crippen molar-refractivity contribution >= 4 is 40.7 Å². The maximum absolute atomic E-state index is 14.5. The van der Waals surface area contributed by atoms with E-state index in [0.29, 0.717) is 42.0 Å². The summed E-state index contributed by atoms with van der Waals surface area (Å²) in [6, 6.07) is 20.1. The van der Waals surface area contributed by atoms with E-state index < -0.39 is 40.8 Å². The van der Waals surface area contributed by atoms with Crippen molar-refractivity contribution in [1.29, 1.82) is 0 Å². The van der Waals surface area contributed by atoms with Crippen molar-refractivity contribution in [2.24, 2.45) is 7.05 Å². The van der Waals surface area contributed by atoms with E-state index in [2.05, 4.69) is 20.4 Å². The SMILES string of the molecule is CN(CCN(C)C(=O)c1cc(C(F)(F)F)c2cn(-c3cccc(Cc4nncn4C)c3)c(=O)n2c1)C(=O)c1ccc(C2CCN(c3ccc4c(c3)CN(C3CCC(=O)NC3=O)C4=O)CC2)cc1. The third kappa shape index (κ3) is 8.80. The highest BCUT2D eigenvalue weighted by Gasteiger charge is 2.40. The van der Waals surface area contributed by atoms with Crippen LogP contribution in [0.25, 0.3) is 11.2 Å². The summed E-state index contributed by atoms with van der Waals surface area (Å²) in [5.74, 6) is -1.09. The zero-order valence-corrected chi connectivity index (χ0v) is 37.0. The first-order valence-electron chi connectivity index (χ1n) is 21.9. The number of aromatic nitrogens is 5. The minimum absolute atomic E-state index is 0.00393. The molecule has 5 amide bonds. The molecule has 9 rings (SSSR count). The summed E-state index contributed by atoms with van der Waals surface area (Å²) in [4.78, 5) is 84.6. The Morgan fingerprint density at radius 2 is 1.55 bits per heavy atom. The number of benzene rings is 3. The van der Waals surface area contributed by atoms with Crippen LogP contribution in [0.5, 0.6) is 0 Å². The van der Waals surface area contributed by atoms with Gasteiger partial charge in [-0.15, -0.1) is 10.2 Å². The third-order valence-corrected chi connectivity index (χ3v) is 13.1. The van der Waals surface area contributed by atoms with E-state index in [1.165, 1.54) is 16.8 Å². The number of imidazole rings is 1. The highest BCUT2D eigenvalue weighted by atomic mass is 19.4. The van der Waals surface area contributed by atoms with Gasteiger partial charge in [0.2, 0.25) is 11.8 Å². The Morgan fingerprint density at radius 3 is 2.22 bits per heavy atom. The summed E-state index contributed by atoms with van der Waals surface area (Å²) >= 11 is 0. The number of nitrogens with zero attached hydrogens (tertiary/aromatic N) is 9. The normalized spacial score (nSPS) is 16.7. The van der Waals surface area contributed by atoms with Gasteiger partial charge in [0.1, 0.15) is 18.2 Å². The van der Waals surface area contributed by atoms with Crippen LogP contribution in [0.3, 0.4) is 0 Å². The highest BCUT2D eigenvalue weighted by Crippen LogP contribution is 2.36. The Bertz CT molecular complexity index is 3000. The average molecular weight is 917 g/mol. The predicted molar refractivity (Wildman–Crippen MR) is 239 cm³/mol. The summed E-state index contributed by atoms with van der Waals surface area (Å²) < 4.78 is 47.2. The van der Waals surface area contributed by atoms with Gasteiger partial charge in [-0.05, 0) is 90.4 Å². The van der Waals surface area contributed by atoms with Crippen molar-refractivity contribution in [2.45, 2.75) is 56.8 Å². The van der Waals surface area contributed by atoms with Gasteiger partial charge in [-0.1, -0.05) is 24.3 Å². The molecule has 2 saturated heterocycles. The Hall–Kier alpha value is -7.57. The van der Waals surface area contributed by atoms with Gasteiger partial charge in [0.25, 0.3) is 17.7 Å². The molecule has 67 heavy (non-hydrogen) atoms. The van der Waals surface area contributed by atoms with Gasteiger partial charge in [-0.2, -0.15) is 13.2 Å². The molecule has 1 unspecified atom stereocenters. The fourth-order valence-electron chi connectivity index (χ4n) is 9.25. The number of pyridine rings is 1. The second-order valence-electron chi connectivity index (χ2n) is 17.5. The topological polar surface area (TPSA) is 167 Å². The van der Waals surface area contributed by atoms with Gasteiger partial charge in [0.05, 0.1) is 22.3 Å². The first kappa shape index (κ1) is 44.6. The van der Waals surface area contributed by atoms with Crippen molar-refractivity contribution in [2.75, 3.05) is 45.2 Å². The van der Waals surface area contributed by atoms with Crippen molar-refractivity contribution in [1.82, 2.24) is 43.7 Å². The van der Waals surface area contributed by atoms with Crippen LogP contribution in [-0.4, -0.2) is 114 Å². The van der Waals surface area contributed by atoms with Crippen LogP contribution in [0.4, 0.5) is 18.9 Å².